The molecule has 0 spiro atoms. The molecular weight excluding hydrogens is 176 g/mol. The second-order valence-corrected chi connectivity index (χ2v) is 2.64. The summed E-state index contributed by atoms with van der Waals surface area (Å²) in [6.45, 7) is 0. The number of aliphatic carboxylic acids is 1. The van der Waals surface area contributed by atoms with Crippen molar-refractivity contribution in [1.29, 1.82) is 0 Å². The number of carbonyl (C=O) groups excluding carboxylic acids is 1. The van der Waals surface area contributed by atoms with Crippen molar-refractivity contribution in [2.75, 3.05) is 0 Å². The van der Waals surface area contributed by atoms with E-state index in [1.807, 2.05) is 0 Å². The van der Waals surface area contributed by atoms with Crippen LogP contribution in [0.3, 0.4) is 0 Å². The normalized spacial score (nSPS) is 10.4. The molecule has 0 aliphatic carbocycles. The van der Waals surface area contributed by atoms with Crippen molar-refractivity contribution in [3.63, 3.8) is 0 Å². The average molecular weight is 182 g/mol. The summed E-state index contributed by atoms with van der Waals surface area (Å²) in [7, 11) is 0. The Balaban J connectivity index is 2.77. The molecular formula is C9H6ClO2-. The number of hydrogen-bond acceptors (Lipinski definition) is 2. The monoisotopic (exact) mass is 181 g/mol. The maximum atomic E-state index is 10.0. The molecule has 0 atom stereocenters. The van der Waals surface area contributed by atoms with Crippen LogP contribution in [0.25, 0.3) is 6.08 Å². The molecule has 62 valence electrons. The summed E-state index contributed by atoms with van der Waals surface area (Å²) in [5, 5.41) is 10.6. The molecule has 0 saturated carbocycles. The molecule has 2 nitrogen and oxygen atoms in total. The van der Waals surface area contributed by atoms with Gasteiger partial charge >= 0.3 is 0 Å². The van der Waals surface area contributed by atoms with E-state index in [4.69, 9.17) is 11.6 Å². The first-order chi connectivity index (χ1) is 5.68. The van der Waals surface area contributed by atoms with Gasteiger partial charge in [-0.1, -0.05) is 29.8 Å². The SMILES string of the molecule is O=C([O-])C=Cc1ccc(Cl)cc1. The summed E-state index contributed by atoms with van der Waals surface area (Å²) in [6, 6.07) is 6.83. The van der Waals surface area contributed by atoms with Gasteiger partial charge in [-0.25, -0.2) is 0 Å². The van der Waals surface area contributed by atoms with Crippen LogP contribution < -0.4 is 5.11 Å². The molecule has 0 aliphatic rings. The summed E-state index contributed by atoms with van der Waals surface area (Å²) in [5.74, 6) is -1.20. The highest BCUT2D eigenvalue weighted by Crippen LogP contribution is 2.10. The summed E-state index contributed by atoms with van der Waals surface area (Å²) >= 11 is 5.62. The van der Waals surface area contributed by atoms with Gasteiger partial charge in [0.25, 0.3) is 0 Å². The summed E-state index contributed by atoms with van der Waals surface area (Å²) in [5.41, 5.74) is 0.781. The molecule has 12 heavy (non-hydrogen) atoms. The van der Waals surface area contributed by atoms with E-state index in [1.165, 1.54) is 6.08 Å². The van der Waals surface area contributed by atoms with Gasteiger partial charge in [0, 0.05) is 5.02 Å². The predicted octanol–water partition coefficient (Wildman–Crippen LogP) is 1.10. The van der Waals surface area contributed by atoms with Crippen molar-refractivity contribution >= 4 is 23.6 Å². The van der Waals surface area contributed by atoms with Gasteiger partial charge in [0.15, 0.2) is 0 Å². The lowest BCUT2D eigenvalue weighted by Gasteiger charge is -1.93. The number of carboxylic acid groups (broad SMARTS) is 1. The molecule has 0 radical (unpaired) electrons. The van der Waals surface area contributed by atoms with Gasteiger partial charge in [0.1, 0.15) is 0 Å². The molecule has 0 heterocycles. The first kappa shape index (κ1) is 8.81. The highest BCUT2D eigenvalue weighted by molar-refractivity contribution is 6.30. The van der Waals surface area contributed by atoms with Crippen molar-refractivity contribution in [2.24, 2.45) is 0 Å². The third-order valence-corrected chi connectivity index (χ3v) is 1.53. The van der Waals surface area contributed by atoms with Gasteiger partial charge in [-0.15, -0.1) is 0 Å². The van der Waals surface area contributed by atoms with E-state index >= 15 is 0 Å². The number of benzene rings is 1. The van der Waals surface area contributed by atoms with Crippen LogP contribution in [-0.2, 0) is 4.79 Å². The molecule has 3 heteroatoms. The minimum atomic E-state index is -1.20. The lowest BCUT2D eigenvalue weighted by atomic mass is 10.2. The third kappa shape index (κ3) is 2.76. The Morgan fingerprint density at radius 3 is 2.42 bits per heavy atom. The molecule has 0 amide bonds. The quantitative estimate of drug-likeness (QED) is 0.642. The van der Waals surface area contributed by atoms with Gasteiger partial charge in [0.2, 0.25) is 0 Å². The smallest absolute Gasteiger partial charge is 0.0643 e. The molecule has 1 aromatic carbocycles. The van der Waals surface area contributed by atoms with Crippen molar-refractivity contribution < 1.29 is 9.90 Å². The van der Waals surface area contributed by atoms with Crippen molar-refractivity contribution in [3.8, 4) is 0 Å². The standard InChI is InChI=1S/C9H7ClO2/c10-8-4-1-7(2-5-8)3-6-9(11)12/h1-6H,(H,11,12)/p-1. The van der Waals surface area contributed by atoms with E-state index in [2.05, 4.69) is 0 Å². The van der Waals surface area contributed by atoms with Gasteiger partial charge in [-0.05, 0) is 23.8 Å². The van der Waals surface area contributed by atoms with E-state index in [0.29, 0.717) is 5.02 Å². The van der Waals surface area contributed by atoms with Crippen LogP contribution in [0.5, 0.6) is 0 Å². The van der Waals surface area contributed by atoms with Crippen molar-refractivity contribution in [1.82, 2.24) is 0 Å². The predicted molar refractivity (Wildman–Crippen MR) is 45.5 cm³/mol. The van der Waals surface area contributed by atoms with Crippen molar-refractivity contribution in [3.05, 3.63) is 40.9 Å². The number of hydrogen-bond donors (Lipinski definition) is 0. The minimum absolute atomic E-state index is 0.626. The highest BCUT2D eigenvalue weighted by Gasteiger charge is 1.86. The van der Waals surface area contributed by atoms with Crippen LogP contribution in [0.4, 0.5) is 0 Å². The van der Waals surface area contributed by atoms with Crippen LogP contribution >= 0.6 is 11.6 Å². The summed E-state index contributed by atoms with van der Waals surface area (Å²) in [4.78, 5) is 10.0. The second kappa shape index (κ2) is 3.93. The number of carbonyl (C=O) groups is 1. The molecule has 1 rings (SSSR count). The van der Waals surface area contributed by atoms with E-state index in [0.717, 1.165) is 11.6 Å². The zero-order chi connectivity index (χ0) is 8.97. The Hall–Kier alpha value is -1.28. The van der Waals surface area contributed by atoms with Crippen LogP contribution in [0.15, 0.2) is 30.3 Å². The fraction of sp³-hybridized carbons (Fsp3) is 0. The van der Waals surface area contributed by atoms with Crippen LogP contribution in [-0.4, -0.2) is 5.97 Å². The molecule has 0 bridgehead atoms. The second-order valence-electron chi connectivity index (χ2n) is 2.20. The number of rotatable bonds is 2. The summed E-state index contributed by atoms with van der Waals surface area (Å²) < 4.78 is 0. The number of halogens is 1. The zero-order valence-electron chi connectivity index (χ0n) is 6.16. The van der Waals surface area contributed by atoms with E-state index in [-0.39, 0.29) is 0 Å². The molecule has 0 saturated heterocycles. The first-order valence-corrected chi connectivity index (χ1v) is 3.71. The maximum absolute atomic E-state index is 10.0. The highest BCUT2D eigenvalue weighted by atomic mass is 35.5. The van der Waals surface area contributed by atoms with Gasteiger partial charge < -0.3 is 9.90 Å². The van der Waals surface area contributed by atoms with Gasteiger partial charge in [0.05, 0.1) is 5.97 Å². The molecule has 0 aliphatic heterocycles. The number of carboxylic acids is 1. The Kier molecular flexibility index (Phi) is 2.88. The molecule has 0 N–H and O–H groups in total. The third-order valence-electron chi connectivity index (χ3n) is 1.28. The fourth-order valence-corrected chi connectivity index (χ4v) is 0.864. The zero-order valence-corrected chi connectivity index (χ0v) is 6.91. The first-order valence-electron chi connectivity index (χ1n) is 3.33. The largest absolute Gasteiger partial charge is 0.545 e. The van der Waals surface area contributed by atoms with E-state index < -0.39 is 5.97 Å². The maximum Gasteiger partial charge on any atom is 0.0643 e. The lowest BCUT2D eigenvalue weighted by Crippen LogP contribution is -2.18. The van der Waals surface area contributed by atoms with Crippen LogP contribution in [0.2, 0.25) is 5.02 Å². The van der Waals surface area contributed by atoms with Crippen molar-refractivity contribution in [2.45, 2.75) is 0 Å². The Morgan fingerprint density at radius 2 is 1.92 bits per heavy atom. The summed E-state index contributed by atoms with van der Waals surface area (Å²) in [6.07, 6.45) is 2.43. The van der Waals surface area contributed by atoms with Crippen LogP contribution in [0.1, 0.15) is 5.56 Å². The topological polar surface area (TPSA) is 40.1 Å². The van der Waals surface area contributed by atoms with E-state index in [9.17, 15) is 9.90 Å². The minimum Gasteiger partial charge on any atom is -0.545 e. The Bertz CT molecular complexity index is 301. The lowest BCUT2D eigenvalue weighted by molar-refractivity contribution is -0.297. The van der Waals surface area contributed by atoms with Crippen LogP contribution in [0, 0.1) is 0 Å². The Morgan fingerprint density at radius 1 is 1.33 bits per heavy atom. The molecule has 1 aromatic rings. The fourth-order valence-electron chi connectivity index (χ4n) is 0.738. The van der Waals surface area contributed by atoms with E-state index in [1.54, 1.807) is 24.3 Å². The Labute approximate surface area is 75.1 Å². The molecule has 0 fully saturated rings. The molecule has 0 unspecified atom stereocenters. The van der Waals surface area contributed by atoms with Gasteiger partial charge in [-0.3, -0.25) is 0 Å². The van der Waals surface area contributed by atoms with Gasteiger partial charge in [-0.2, -0.15) is 0 Å². The average Bonchev–Trinajstić information content (AvgIpc) is 2.03. The molecule has 0 aromatic heterocycles.